The smallest absolute Gasteiger partial charge is 0.123 e. The maximum atomic E-state index is 13.1. The molecule has 2 aromatic carbocycles. The average molecular weight is 311 g/mol. The average Bonchev–Trinajstić information content (AvgIpc) is 2.56. The minimum Gasteiger partial charge on any atom is -0.295 e. The maximum Gasteiger partial charge on any atom is 0.123 e. The zero-order valence-electron chi connectivity index (χ0n) is 13.5. The summed E-state index contributed by atoms with van der Waals surface area (Å²) >= 11 is 0. The van der Waals surface area contributed by atoms with Crippen molar-refractivity contribution in [3.05, 3.63) is 71.0 Å². The Morgan fingerprint density at radius 2 is 1.78 bits per heavy atom. The molecule has 1 aliphatic heterocycles. The van der Waals surface area contributed by atoms with Gasteiger partial charge in [-0.25, -0.2) is 4.39 Å². The number of halogens is 1. The van der Waals surface area contributed by atoms with Gasteiger partial charge in [-0.3, -0.25) is 9.91 Å². The van der Waals surface area contributed by atoms with Gasteiger partial charge in [0.1, 0.15) is 5.82 Å². The molecule has 1 heterocycles. The number of piperazine rings is 1. The molecule has 0 amide bonds. The van der Waals surface area contributed by atoms with E-state index in [2.05, 4.69) is 46.2 Å². The number of benzene rings is 2. The van der Waals surface area contributed by atoms with E-state index in [1.54, 1.807) is 12.3 Å². The van der Waals surface area contributed by atoms with Crippen molar-refractivity contribution in [1.29, 1.82) is 0 Å². The Morgan fingerprint density at radius 3 is 2.48 bits per heavy atom. The van der Waals surface area contributed by atoms with Crippen LogP contribution in [0.15, 0.2) is 53.6 Å². The molecule has 0 aromatic heterocycles. The summed E-state index contributed by atoms with van der Waals surface area (Å²) < 4.78 is 13.1. The summed E-state index contributed by atoms with van der Waals surface area (Å²) in [5, 5.41) is 6.51. The van der Waals surface area contributed by atoms with Gasteiger partial charge >= 0.3 is 0 Å². The third kappa shape index (κ3) is 4.63. The number of rotatable bonds is 4. The van der Waals surface area contributed by atoms with Gasteiger partial charge < -0.3 is 0 Å². The molecular formula is C19H22FN3. The van der Waals surface area contributed by atoms with Gasteiger partial charge in [-0.15, -0.1) is 0 Å². The van der Waals surface area contributed by atoms with Gasteiger partial charge in [0, 0.05) is 32.7 Å². The normalized spacial score (nSPS) is 16.2. The minimum atomic E-state index is -0.225. The molecule has 1 fully saturated rings. The molecule has 4 heteroatoms. The van der Waals surface area contributed by atoms with E-state index < -0.39 is 0 Å². The Bertz CT molecular complexity index is 659. The Hall–Kier alpha value is -2.20. The zero-order valence-corrected chi connectivity index (χ0v) is 13.5. The van der Waals surface area contributed by atoms with Crippen LogP contribution in [0.1, 0.15) is 16.7 Å². The zero-order chi connectivity index (χ0) is 16.1. The van der Waals surface area contributed by atoms with Crippen LogP contribution < -0.4 is 0 Å². The van der Waals surface area contributed by atoms with Crippen LogP contribution in [0.4, 0.5) is 4.39 Å². The molecule has 1 aliphatic rings. The maximum absolute atomic E-state index is 13.1. The number of aryl methyl sites for hydroxylation is 1. The van der Waals surface area contributed by atoms with Crippen molar-refractivity contribution in [2.45, 2.75) is 13.5 Å². The van der Waals surface area contributed by atoms with Crippen molar-refractivity contribution < 1.29 is 4.39 Å². The van der Waals surface area contributed by atoms with Gasteiger partial charge in [0.05, 0.1) is 6.21 Å². The number of hydrogen-bond donors (Lipinski definition) is 0. The highest BCUT2D eigenvalue weighted by atomic mass is 19.1. The molecule has 0 aliphatic carbocycles. The second-order valence-corrected chi connectivity index (χ2v) is 6.01. The van der Waals surface area contributed by atoms with E-state index in [0.717, 1.165) is 38.3 Å². The van der Waals surface area contributed by atoms with Gasteiger partial charge in [-0.1, -0.05) is 42.0 Å². The lowest BCUT2D eigenvalue weighted by molar-refractivity contribution is 0.131. The SMILES string of the molecule is Cc1ccc(CN2CCN(N=Cc3cccc(F)c3)CC2)cc1. The van der Waals surface area contributed by atoms with Crippen LogP contribution in [-0.2, 0) is 6.54 Å². The van der Waals surface area contributed by atoms with E-state index in [1.807, 2.05) is 6.07 Å². The quantitative estimate of drug-likeness (QED) is 0.807. The lowest BCUT2D eigenvalue weighted by Gasteiger charge is -2.33. The molecule has 2 aromatic rings. The molecule has 3 nitrogen and oxygen atoms in total. The molecule has 1 saturated heterocycles. The van der Waals surface area contributed by atoms with E-state index in [1.165, 1.54) is 23.3 Å². The highest BCUT2D eigenvalue weighted by molar-refractivity contribution is 5.79. The Balaban J connectivity index is 1.49. The predicted octanol–water partition coefficient (Wildman–Crippen LogP) is 3.29. The first-order valence-electron chi connectivity index (χ1n) is 8.01. The van der Waals surface area contributed by atoms with Crippen molar-refractivity contribution in [2.24, 2.45) is 5.10 Å². The summed E-state index contributed by atoms with van der Waals surface area (Å²) in [6, 6.07) is 15.2. The van der Waals surface area contributed by atoms with Crippen LogP contribution in [0.2, 0.25) is 0 Å². The predicted molar refractivity (Wildman–Crippen MR) is 92.0 cm³/mol. The van der Waals surface area contributed by atoms with E-state index in [0.29, 0.717) is 0 Å². The Labute approximate surface area is 137 Å². The summed E-state index contributed by atoms with van der Waals surface area (Å²) in [6.45, 7) is 6.89. The fraction of sp³-hybridized carbons (Fsp3) is 0.316. The molecule has 0 atom stereocenters. The first kappa shape index (κ1) is 15.7. The molecule has 0 saturated carbocycles. The van der Waals surface area contributed by atoms with E-state index in [9.17, 15) is 4.39 Å². The summed E-state index contributed by atoms with van der Waals surface area (Å²) in [5.41, 5.74) is 3.45. The van der Waals surface area contributed by atoms with Gasteiger partial charge in [0.15, 0.2) is 0 Å². The van der Waals surface area contributed by atoms with Gasteiger partial charge in [0.25, 0.3) is 0 Å². The molecule has 23 heavy (non-hydrogen) atoms. The van der Waals surface area contributed by atoms with Crippen LogP contribution in [0.5, 0.6) is 0 Å². The molecule has 0 bridgehead atoms. The lowest BCUT2D eigenvalue weighted by atomic mass is 10.1. The molecule has 3 rings (SSSR count). The summed E-state index contributed by atoms with van der Waals surface area (Å²) in [4.78, 5) is 2.44. The van der Waals surface area contributed by atoms with Gasteiger partial charge in [0.2, 0.25) is 0 Å². The van der Waals surface area contributed by atoms with Crippen LogP contribution in [-0.4, -0.2) is 42.3 Å². The largest absolute Gasteiger partial charge is 0.295 e. The molecule has 0 unspecified atom stereocenters. The standard InChI is InChI=1S/C19H22FN3/c1-16-5-7-17(8-6-16)15-22-9-11-23(12-10-22)21-14-18-3-2-4-19(20)13-18/h2-8,13-14H,9-12,15H2,1H3. The summed E-state index contributed by atoms with van der Waals surface area (Å²) in [5.74, 6) is -0.225. The molecule has 0 radical (unpaired) electrons. The van der Waals surface area contributed by atoms with Gasteiger partial charge in [-0.2, -0.15) is 5.10 Å². The Morgan fingerprint density at radius 1 is 1.04 bits per heavy atom. The summed E-state index contributed by atoms with van der Waals surface area (Å²) in [7, 11) is 0. The fourth-order valence-electron chi connectivity index (χ4n) is 2.70. The monoisotopic (exact) mass is 311 g/mol. The second-order valence-electron chi connectivity index (χ2n) is 6.01. The van der Waals surface area contributed by atoms with Crippen LogP contribution in [0.3, 0.4) is 0 Å². The van der Waals surface area contributed by atoms with Crippen molar-refractivity contribution in [1.82, 2.24) is 9.91 Å². The van der Waals surface area contributed by atoms with Gasteiger partial charge in [-0.05, 0) is 30.2 Å². The minimum absolute atomic E-state index is 0.225. The first-order chi connectivity index (χ1) is 11.2. The van der Waals surface area contributed by atoms with Crippen molar-refractivity contribution >= 4 is 6.21 Å². The van der Waals surface area contributed by atoms with Crippen molar-refractivity contribution in [2.75, 3.05) is 26.2 Å². The summed E-state index contributed by atoms with van der Waals surface area (Å²) in [6.07, 6.45) is 1.73. The van der Waals surface area contributed by atoms with E-state index >= 15 is 0 Å². The van der Waals surface area contributed by atoms with Crippen LogP contribution in [0, 0.1) is 12.7 Å². The van der Waals surface area contributed by atoms with Crippen molar-refractivity contribution in [3.8, 4) is 0 Å². The van der Waals surface area contributed by atoms with Crippen molar-refractivity contribution in [3.63, 3.8) is 0 Å². The first-order valence-corrected chi connectivity index (χ1v) is 8.01. The van der Waals surface area contributed by atoms with E-state index in [4.69, 9.17) is 0 Å². The number of hydrogen-bond acceptors (Lipinski definition) is 3. The lowest BCUT2D eigenvalue weighted by Crippen LogP contribution is -2.43. The highest BCUT2D eigenvalue weighted by Crippen LogP contribution is 2.10. The molecular weight excluding hydrogens is 289 g/mol. The van der Waals surface area contributed by atoms with E-state index in [-0.39, 0.29) is 5.82 Å². The molecule has 0 N–H and O–H groups in total. The highest BCUT2D eigenvalue weighted by Gasteiger charge is 2.15. The number of nitrogens with zero attached hydrogens (tertiary/aromatic N) is 3. The number of hydrazone groups is 1. The third-order valence-electron chi connectivity index (χ3n) is 4.09. The molecule has 120 valence electrons. The van der Waals surface area contributed by atoms with Crippen LogP contribution in [0.25, 0.3) is 0 Å². The van der Waals surface area contributed by atoms with Crippen LogP contribution >= 0.6 is 0 Å². The third-order valence-corrected chi connectivity index (χ3v) is 4.09. The molecule has 0 spiro atoms. The fourth-order valence-corrected chi connectivity index (χ4v) is 2.70. The topological polar surface area (TPSA) is 18.8 Å². The Kier molecular flexibility index (Phi) is 5.03. The second kappa shape index (κ2) is 7.38.